The number of thiazole rings is 1. The van der Waals surface area contributed by atoms with Crippen molar-refractivity contribution in [2.24, 2.45) is 0 Å². The van der Waals surface area contributed by atoms with Gasteiger partial charge in [-0.15, -0.1) is 11.3 Å². The zero-order valence-electron chi connectivity index (χ0n) is 9.81. The molecule has 1 aliphatic rings. The summed E-state index contributed by atoms with van der Waals surface area (Å²) < 4.78 is 0. The van der Waals surface area contributed by atoms with E-state index >= 15 is 0 Å². The minimum absolute atomic E-state index is 0.922. The number of anilines is 1. The molecule has 2 N–H and O–H groups in total. The summed E-state index contributed by atoms with van der Waals surface area (Å²) in [5.74, 6) is 0. The third-order valence-electron chi connectivity index (χ3n) is 3.30. The van der Waals surface area contributed by atoms with Gasteiger partial charge in [0.1, 0.15) is 0 Å². The topological polar surface area (TPSA) is 42.2 Å². The normalized spacial score (nSPS) is 15.1. The zero-order chi connectivity index (χ0) is 11.8. The number of hydrogen-bond donors (Lipinski definition) is 1. The molecule has 0 radical (unpaired) electrons. The minimum atomic E-state index is 0.922. The number of nitrogens with two attached hydrogens (primary N) is 1. The van der Waals surface area contributed by atoms with Crippen molar-refractivity contribution in [2.75, 3.05) is 5.73 Å². The molecule has 0 atom stereocenters. The molecule has 88 valence electrons. The van der Waals surface area contributed by atoms with Crippen molar-refractivity contribution < 1.29 is 0 Å². The predicted octanol–water partition coefficient (Wildman–Crippen LogP) is 2.55. The first-order valence-corrected chi connectivity index (χ1v) is 6.59. The maximum Gasteiger partial charge on any atom is 0.0798 e. The molecule has 4 heteroatoms. The average molecular weight is 245 g/mol. The Morgan fingerprint density at radius 2 is 2.29 bits per heavy atom. The number of hydrogen-bond acceptors (Lipinski definition) is 4. The molecule has 0 spiro atoms. The first-order chi connectivity index (χ1) is 8.24. The molecular formula is C13H15N3S. The smallest absolute Gasteiger partial charge is 0.0798 e. The summed E-state index contributed by atoms with van der Waals surface area (Å²) in [7, 11) is 0. The molecule has 0 saturated heterocycles. The summed E-state index contributed by atoms with van der Waals surface area (Å²) in [6.07, 6.45) is 0. The highest BCUT2D eigenvalue weighted by Gasteiger charge is 2.21. The largest absolute Gasteiger partial charge is 0.398 e. The molecule has 1 aromatic carbocycles. The van der Waals surface area contributed by atoms with Crippen molar-refractivity contribution in [3.63, 3.8) is 0 Å². The summed E-state index contributed by atoms with van der Waals surface area (Å²) in [6.45, 7) is 5.01. The predicted molar refractivity (Wildman–Crippen MR) is 70.7 cm³/mol. The lowest BCUT2D eigenvalue weighted by Gasteiger charge is -2.13. The van der Waals surface area contributed by atoms with Crippen molar-refractivity contribution in [3.8, 4) is 0 Å². The lowest BCUT2D eigenvalue weighted by molar-refractivity contribution is 0.277. The molecule has 17 heavy (non-hydrogen) atoms. The number of rotatable bonds is 2. The SMILES string of the molecule is Cc1ncsc1CN1Cc2cccc(N)c2C1. The quantitative estimate of drug-likeness (QED) is 0.827. The van der Waals surface area contributed by atoms with Gasteiger partial charge in [0.05, 0.1) is 11.2 Å². The third-order valence-corrected chi connectivity index (χ3v) is 4.22. The van der Waals surface area contributed by atoms with E-state index < -0.39 is 0 Å². The van der Waals surface area contributed by atoms with Crippen LogP contribution >= 0.6 is 11.3 Å². The number of benzene rings is 1. The maximum absolute atomic E-state index is 6.00. The first-order valence-electron chi connectivity index (χ1n) is 5.71. The Labute approximate surface area is 105 Å². The van der Waals surface area contributed by atoms with Crippen LogP contribution in [0.25, 0.3) is 0 Å². The van der Waals surface area contributed by atoms with Gasteiger partial charge in [-0.25, -0.2) is 4.98 Å². The highest BCUT2D eigenvalue weighted by atomic mass is 32.1. The standard InChI is InChI=1S/C13H15N3S/c1-9-13(17-8-15-9)7-16-5-10-3-2-4-12(14)11(10)6-16/h2-4,8H,5-7,14H2,1H3. The van der Waals surface area contributed by atoms with E-state index in [1.807, 2.05) is 17.6 Å². The zero-order valence-corrected chi connectivity index (χ0v) is 10.6. The molecule has 0 amide bonds. The maximum atomic E-state index is 6.00. The fourth-order valence-electron chi connectivity index (χ4n) is 2.31. The van der Waals surface area contributed by atoms with Gasteiger partial charge >= 0.3 is 0 Å². The van der Waals surface area contributed by atoms with Crippen molar-refractivity contribution >= 4 is 17.0 Å². The summed E-state index contributed by atoms with van der Waals surface area (Å²) >= 11 is 1.74. The van der Waals surface area contributed by atoms with E-state index in [9.17, 15) is 0 Å². The van der Waals surface area contributed by atoms with Gasteiger partial charge in [-0.3, -0.25) is 4.90 Å². The van der Waals surface area contributed by atoms with Crippen LogP contribution in [0, 0.1) is 6.92 Å². The highest BCUT2D eigenvalue weighted by Crippen LogP contribution is 2.29. The van der Waals surface area contributed by atoms with Gasteiger partial charge in [0, 0.05) is 30.2 Å². The Balaban J connectivity index is 1.79. The van der Waals surface area contributed by atoms with E-state index in [4.69, 9.17) is 5.73 Å². The van der Waals surface area contributed by atoms with Crippen LogP contribution in [0.2, 0.25) is 0 Å². The molecule has 2 heterocycles. The van der Waals surface area contributed by atoms with E-state index in [0.717, 1.165) is 31.0 Å². The lowest BCUT2D eigenvalue weighted by Crippen LogP contribution is -2.15. The van der Waals surface area contributed by atoms with Crippen LogP contribution in [0.1, 0.15) is 21.7 Å². The van der Waals surface area contributed by atoms with Crippen LogP contribution in [0.5, 0.6) is 0 Å². The Morgan fingerprint density at radius 3 is 3.00 bits per heavy atom. The highest BCUT2D eigenvalue weighted by molar-refractivity contribution is 7.09. The summed E-state index contributed by atoms with van der Waals surface area (Å²) in [6, 6.07) is 6.20. The van der Waals surface area contributed by atoms with Gasteiger partial charge in [-0.05, 0) is 24.1 Å². The van der Waals surface area contributed by atoms with Gasteiger partial charge in [-0.1, -0.05) is 12.1 Å². The van der Waals surface area contributed by atoms with E-state index in [1.54, 1.807) is 11.3 Å². The average Bonchev–Trinajstić information content (AvgIpc) is 2.87. The lowest BCUT2D eigenvalue weighted by atomic mass is 10.1. The molecule has 0 aliphatic carbocycles. The molecule has 0 unspecified atom stereocenters. The first kappa shape index (κ1) is 10.7. The fraction of sp³-hybridized carbons (Fsp3) is 0.308. The second-order valence-corrected chi connectivity index (χ2v) is 5.43. The molecule has 3 rings (SSSR count). The van der Waals surface area contributed by atoms with Gasteiger partial charge in [0.25, 0.3) is 0 Å². The number of aromatic nitrogens is 1. The van der Waals surface area contributed by atoms with Crippen molar-refractivity contribution in [3.05, 3.63) is 45.4 Å². The van der Waals surface area contributed by atoms with Gasteiger partial charge in [0.15, 0.2) is 0 Å². The number of fused-ring (bicyclic) bond motifs is 1. The Bertz CT molecular complexity index is 545. The van der Waals surface area contributed by atoms with Crippen LogP contribution in [-0.2, 0) is 19.6 Å². The summed E-state index contributed by atoms with van der Waals surface area (Å²) in [5, 5.41) is 0. The van der Waals surface area contributed by atoms with Crippen LogP contribution in [-0.4, -0.2) is 9.88 Å². The number of nitrogens with zero attached hydrogens (tertiary/aromatic N) is 2. The monoisotopic (exact) mass is 245 g/mol. The Kier molecular flexibility index (Phi) is 2.61. The molecule has 2 aromatic rings. The van der Waals surface area contributed by atoms with E-state index in [1.165, 1.54) is 16.0 Å². The van der Waals surface area contributed by atoms with Crippen molar-refractivity contribution in [1.29, 1.82) is 0 Å². The van der Waals surface area contributed by atoms with Gasteiger partial charge < -0.3 is 5.73 Å². The van der Waals surface area contributed by atoms with Crippen LogP contribution in [0.4, 0.5) is 5.69 Å². The van der Waals surface area contributed by atoms with Gasteiger partial charge in [0.2, 0.25) is 0 Å². The molecule has 0 bridgehead atoms. The Hall–Kier alpha value is -1.39. The molecule has 3 nitrogen and oxygen atoms in total. The number of aryl methyl sites for hydroxylation is 1. The van der Waals surface area contributed by atoms with Crippen LogP contribution in [0.15, 0.2) is 23.7 Å². The van der Waals surface area contributed by atoms with Crippen LogP contribution in [0.3, 0.4) is 0 Å². The van der Waals surface area contributed by atoms with Gasteiger partial charge in [-0.2, -0.15) is 0 Å². The second kappa shape index (κ2) is 4.13. The van der Waals surface area contributed by atoms with Crippen molar-refractivity contribution in [2.45, 2.75) is 26.6 Å². The number of nitrogen functional groups attached to an aromatic ring is 1. The molecule has 1 aliphatic heterocycles. The summed E-state index contributed by atoms with van der Waals surface area (Å²) in [5.41, 5.74) is 12.7. The van der Waals surface area contributed by atoms with Crippen molar-refractivity contribution in [1.82, 2.24) is 9.88 Å². The molecule has 1 aromatic heterocycles. The molecule has 0 fully saturated rings. The Morgan fingerprint density at radius 1 is 1.41 bits per heavy atom. The van der Waals surface area contributed by atoms with E-state index in [0.29, 0.717) is 0 Å². The third kappa shape index (κ3) is 1.94. The molecule has 0 saturated carbocycles. The van der Waals surface area contributed by atoms with E-state index in [-0.39, 0.29) is 0 Å². The minimum Gasteiger partial charge on any atom is -0.398 e. The van der Waals surface area contributed by atoms with E-state index in [2.05, 4.69) is 22.9 Å². The fourth-order valence-corrected chi connectivity index (χ4v) is 3.13. The molecular weight excluding hydrogens is 230 g/mol. The second-order valence-electron chi connectivity index (χ2n) is 4.49. The summed E-state index contributed by atoms with van der Waals surface area (Å²) in [4.78, 5) is 8.07. The van der Waals surface area contributed by atoms with Crippen LogP contribution < -0.4 is 5.73 Å².